The van der Waals surface area contributed by atoms with Gasteiger partial charge in [0.1, 0.15) is 6.17 Å². The zero-order valence-corrected chi connectivity index (χ0v) is 15.1. The van der Waals surface area contributed by atoms with Crippen molar-refractivity contribution in [2.75, 3.05) is 6.54 Å². The molecule has 0 aromatic heterocycles. The Bertz CT molecular complexity index is 672. The normalized spacial score (nSPS) is 20.6. The predicted octanol–water partition coefficient (Wildman–Crippen LogP) is 3.44. The maximum Gasteiger partial charge on any atom is 0.246 e. The molecule has 0 N–H and O–H groups in total. The molecule has 1 aromatic carbocycles. The third-order valence-electron chi connectivity index (χ3n) is 3.35. The van der Waals surface area contributed by atoms with Crippen molar-refractivity contribution < 1.29 is 13.2 Å². The summed E-state index contributed by atoms with van der Waals surface area (Å²) < 4.78 is 28.2. The number of hydrogen-bond acceptors (Lipinski definition) is 4. The number of hydrogen-bond donors (Lipinski definition) is 0. The zero-order chi connectivity index (χ0) is 15.5. The van der Waals surface area contributed by atoms with Crippen molar-refractivity contribution in [1.82, 2.24) is 4.31 Å². The summed E-state index contributed by atoms with van der Waals surface area (Å²) in [4.78, 5) is 14.4. The van der Waals surface area contributed by atoms with Crippen molar-refractivity contribution in [2.24, 2.45) is 4.99 Å². The average Bonchev–Trinajstić information content (AvgIpc) is 2.68. The molecular formula is C13H14Br2N2O3S. The van der Waals surface area contributed by atoms with E-state index >= 15 is 0 Å². The molecule has 1 aliphatic rings. The second kappa shape index (κ2) is 7.15. The van der Waals surface area contributed by atoms with Crippen LogP contribution in [0.1, 0.15) is 25.7 Å². The molecule has 2 rings (SSSR count). The van der Waals surface area contributed by atoms with E-state index in [-0.39, 0.29) is 4.90 Å². The average molecular weight is 438 g/mol. The molecule has 0 amide bonds. The van der Waals surface area contributed by atoms with Gasteiger partial charge in [-0.1, -0.05) is 22.4 Å². The van der Waals surface area contributed by atoms with Crippen LogP contribution in [0.4, 0.5) is 0 Å². The maximum atomic E-state index is 12.9. The molecule has 0 radical (unpaired) electrons. The van der Waals surface area contributed by atoms with Crippen LogP contribution in [0.3, 0.4) is 0 Å². The Morgan fingerprint density at radius 2 is 2.00 bits per heavy atom. The van der Waals surface area contributed by atoms with Gasteiger partial charge in [-0.25, -0.2) is 13.2 Å². The van der Waals surface area contributed by atoms with Crippen molar-refractivity contribution in [3.05, 3.63) is 27.1 Å². The highest BCUT2D eigenvalue weighted by atomic mass is 79.9. The summed E-state index contributed by atoms with van der Waals surface area (Å²) in [5.41, 5.74) is 0. The minimum atomic E-state index is -3.73. The number of sulfonamides is 1. The lowest BCUT2D eigenvalue weighted by Crippen LogP contribution is -2.39. The number of nitrogens with zero attached hydrogens (tertiary/aromatic N) is 2. The molecule has 1 atom stereocenters. The lowest BCUT2D eigenvalue weighted by atomic mass is 10.2. The molecule has 1 aromatic rings. The number of isocyanates is 1. The van der Waals surface area contributed by atoms with Crippen molar-refractivity contribution in [3.8, 4) is 0 Å². The van der Waals surface area contributed by atoms with Crippen LogP contribution in [0.25, 0.3) is 0 Å². The smallest absolute Gasteiger partial charge is 0.211 e. The van der Waals surface area contributed by atoms with Crippen molar-refractivity contribution in [3.63, 3.8) is 0 Å². The summed E-state index contributed by atoms with van der Waals surface area (Å²) in [6.45, 7) is 0.358. The number of benzene rings is 1. The number of rotatable bonds is 3. The van der Waals surface area contributed by atoms with Crippen LogP contribution < -0.4 is 0 Å². The van der Waals surface area contributed by atoms with E-state index in [0.29, 0.717) is 21.9 Å². The lowest BCUT2D eigenvalue weighted by molar-refractivity contribution is 0.330. The number of aliphatic imine (C=N–C) groups is 1. The van der Waals surface area contributed by atoms with Gasteiger partial charge in [0.25, 0.3) is 0 Å². The van der Waals surface area contributed by atoms with E-state index in [9.17, 15) is 13.2 Å². The first-order valence-electron chi connectivity index (χ1n) is 6.50. The molecule has 0 spiro atoms. The van der Waals surface area contributed by atoms with Gasteiger partial charge in [0.15, 0.2) is 0 Å². The van der Waals surface area contributed by atoms with Crippen LogP contribution in [0.2, 0.25) is 0 Å². The second-order valence-corrected chi connectivity index (χ2v) is 8.37. The van der Waals surface area contributed by atoms with E-state index in [2.05, 4.69) is 36.9 Å². The largest absolute Gasteiger partial charge is 0.246 e. The maximum absolute atomic E-state index is 12.9. The molecule has 1 fully saturated rings. The number of carbonyl (C=O) groups excluding carboxylic acids is 1. The third-order valence-corrected chi connectivity index (χ3v) is 6.74. The molecular weight excluding hydrogens is 424 g/mol. The molecule has 0 bridgehead atoms. The summed E-state index contributed by atoms with van der Waals surface area (Å²) in [6.07, 6.45) is 3.90. The Kier molecular flexibility index (Phi) is 5.73. The summed E-state index contributed by atoms with van der Waals surface area (Å²) >= 11 is 6.56. The van der Waals surface area contributed by atoms with Crippen LogP contribution >= 0.6 is 31.9 Å². The van der Waals surface area contributed by atoms with E-state index in [0.717, 1.165) is 19.3 Å². The van der Waals surface area contributed by atoms with Gasteiger partial charge in [0, 0.05) is 15.5 Å². The first kappa shape index (κ1) is 16.8. The fourth-order valence-electron chi connectivity index (χ4n) is 2.34. The monoisotopic (exact) mass is 436 g/mol. The fraction of sp³-hybridized carbons (Fsp3) is 0.462. The summed E-state index contributed by atoms with van der Waals surface area (Å²) in [6, 6.07) is 4.98. The van der Waals surface area contributed by atoms with E-state index in [1.165, 1.54) is 10.4 Å². The van der Waals surface area contributed by atoms with E-state index < -0.39 is 16.2 Å². The fourth-order valence-corrected chi connectivity index (χ4v) is 5.39. The summed E-state index contributed by atoms with van der Waals surface area (Å²) in [5, 5.41) is 0. The Morgan fingerprint density at radius 1 is 1.24 bits per heavy atom. The van der Waals surface area contributed by atoms with Gasteiger partial charge >= 0.3 is 0 Å². The molecule has 5 nitrogen and oxygen atoms in total. The molecule has 1 heterocycles. The van der Waals surface area contributed by atoms with Gasteiger partial charge in [-0.15, -0.1) is 0 Å². The van der Waals surface area contributed by atoms with Crippen LogP contribution in [0.5, 0.6) is 0 Å². The van der Waals surface area contributed by atoms with Gasteiger partial charge in [-0.3, -0.25) is 0 Å². The number of halogens is 2. The van der Waals surface area contributed by atoms with Gasteiger partial charge < -0.3 is 0 Å². The molecule has 1 saturated heterocycles. The predicted molar refractivity (Wildman–Crippen MR) is 86.1 cm³/mol. The van der Waals surface area contributed by atoms with Crippen molar-refractivity contribution >= 4 is 48.0 Å². The van der Waals surface area contributed by atoms with Crippen molar-refractivity contribution in [1.29, 1.82) is 0 Å². The zero-order valence-electron chi connectivity index (χ0n) is 11.1. The first-order valence-corrected chi connectivity index (χ1v) is 9.53. The highest BCUT2D eigenvalue weighted by molar-refractivity contribution is 9.11. The molecule has 21 heavy (non-hydrogen) atoms. The standard InChI is InChI=1S/C13H14Br2N2O3S/c14-10-5-6-11(15)12(8-10)21(19,20)17-7-3-1-2-4-13(17)16-9-18/h5-6,8,13H,1-4,7H2. The van der Waals surface area contributed by atoms with Gasteiger partial charge in [-0.05, 0) is 53.4 Å². The quantitative estimate of drug-likeness (QED) is 0.537. The molecule has 1 unspecified atom stereocenters. The van der Waals surface area contributed by atoms with Gasteiger partial charge in [-0.2, -0.15) is 9.30 Å². The third kappa shape index (κ3) is 3.81. The van der Waals surface area contributed by atoms with E-state index in [4.69, 9.17) is 0 Å². The Morgan fingerprint density at radius 3 is 2.71 bits per heavy atom. The molecule has 1 aliphatic heterocycles. The Labute approximate surface area is 140 Å². The first-order chi connectivity index (χ1) is 9.96. The van der Waals surface area contributed by atoms with Crippen LogP contribution in [-0.4, -0.2) is 31.5 Å². The Hall–Kier alpha value is -0.530. The van der Waals surface area contributed by atoms with E-state index in [1.54, 1.807) is 18.2 Å². The van der Waals surface area contributed by atoms with Crippen LogP contribution in [0, 0.1) is 0 Å². The topological polar surface area (TPSA) is 66.8 Å². The van der Waals surface area contributed by atoms with E-state index in [1.807, 2.05) is 0 Å². The van der Waals surface area contributed by atoms with Gasteiger partial charge in [0.05, 0.1) is 4.90 Å². The summed E-state index contributed by atoms with van der Waals surface area (Å²) in [5.74, 6) is 0. The van der Waals surface area contributed by atoms with Gasteiger partial charge in [0.2, 0.25) is 16.1 Å². The highest BCUT2D eigenvalue weighted by Crippen LogP contribution is 2.31. The van der Waals surface area contributed by atoms with Crippen LogP contribution in [0.15, 0.2) is 37.0 Å². The lowest BCUT2D eigenvalue weighted by Gasteiger charge is -2.25. The SMILES string of the molecule is O=C=NC1CCCCCN1S(=O)(=O)c1cc(Br)ccc1Br. The minimum absolute atomic E-state index is 0.171. The summed E-state index contributed by atoms with van der Waals surface area (Å²) in [7, 11) is -3.73. The Balaban J connectivity index is 2.48. The minimum Gasteiger partial charge on any atom is -0.211 e. The molecule has 0 aliphatic carbocycles. The molecule has 8 heteroatoms. The second-order valence-electron chi connectivity index (χ2n) is 4.74. The van der Waals surface area contributed by atoms with Crippen molar-refractivity contribution in [2.45, 2.75) is 36.7 Å². The highest BCUT2D eigenvalue weighted by Gasteiger charge is 2.33. The molecule has 114 valence electrons. The van der Waals surface area contributed by atoms with Crippen LogP contribution in [-0.2, 0) is 14.8 Å². The molecule has 0 saturated carbocycles.